The highest BCUT2D eigenvalue weighted by atomic mass is 32.2. The molecule has 2 aromatic rings. The number of benzene rings is 2. The summed E-state index contributed by atoms with van der Waals surface area (Å²) in [7, 11) is -2.50. The number of nitrogens with zero attached hydrogens (tertiary/aromatic N) is 1. The van der Waals surface area contributed by atoms with Crippen LogP contribution >= 0.6 is 0 Å². The summed E-state index contributed by atoms with van der Waals surface area (Å²) in [4.78, 5) is 36.0. The van der Waals surface area contributed by atoms with Crippen molar-refractivity contribution in [3.05, 3.63) is 53.6 Å². The zero-order valence-electron chi connectivity index (χ0n) is 19.2. The number of sulfonamides is 1. The van der Waals surface area contributed by atoms with Gasteiger partial charge in [-0.25, -0.2) is 13.2 Å². The van der Waals surface area contributed by atoms with Crippen molar-refractivity contribution in [2.24, 2.45) is 0 Å². The Balaban J connectivity index is 1.72. The van der Waals surface area contributed by atoms with Gasteiger partial charge in [0.25, 0.3) is 0 Å². The number of hydrogen-bond acceptors (Lipinski definition) is 7. The molecule has 1 aliphatic rings. The molecule has 0 saturated carbocycles. The summed E-state index contributed by atoms with van der Waals surface area (Å²) < 4.78 is 38.3. The van der Waals surface area contributed by atoms with Gasteiger partial charge in [0.2, 0.25) is 15.9 Å². The number of carbonyl (C=O) groups is 3. The van der Waals surface area contributed by atoms with Crippen molar-refractivity contribution in [3.8, 4) is 5.75 Å². The monoisotopic (exact) mass is 488 g/mol. The minimum atomic E-state index is -3.87. The highest BCUT2D eigenvalue weighted by Gasteiger charge is 2.29. The fourth-order valence-corrected chi connectivity index (χ4v) is 5.37. The van der Waals surface area contributed by atoms with Crippen LogP contribution in [0, 0.1) is 0 Å². The maximum atomic E-state index is 13.3. The van der Waals surface area contributed by atoms with Gasteiger partial charge in [0.1, 0.15) is 10.6 Å². The molecule has 0 atom stereocenters. The quantitative estimate of drug-likeness (QED) is 0.447. The largest absolute Gasteiger partial charge is 0.495 e. The zero-order valence-corrected chi connectivity index (χ0v) is 20.0. The van der Waals surface area contributed by atoms with Crippen LogP contribution in [0.5, 0.6) is 5.75 Å². The molecule has 0 bridgehead atoms. The number of hydrogen-bond donors (Lipinski definition) is 1. The molecule has 1 N–H and O–H groups in total. The van der Waals surface area contributed by atoms with Crippen molar-refractivity contribution < 1.29 is 32.3 Å². The summed E-state index contributed by atoms with van der Waals surface area (Å²) in [5, 5.41) is 2.60. The molecule has 2 aromatic carbocycles. The number of Topliss-reactive ketones (excluding diaryl/α,β-unsaturated/α-hetero) is 1. The predicted molar refractivity (Wildman–Crippen MR) is 126 cm³/mol. The van der Waals surface area contributed by atoms with Crippen LogP contribution in [-0.2, 0) is 19.6 Å². The molecule has 3 rings (SSSR count). The number of methoxy groups -OCH3 is 1. The van der Waals surface area contributed by atoms with Gasteiger partial charge in [-0.2, -0.15) is 4.31 Å². The lowest BCUT2D eigenvalue weighted by atomic mass is 10.1. The number of rotatable bonds is 8. The van der Waals surface area contributed by atoms with Gasteiger partial charge in [-0.3, -0.25) is 9.59 Å². The Kier molecular flexibility index (Phi) is 8.41. The van der Waals surface area contributed by atoms with Gasteiger partial charge in [-0.1, -0.05) is 12.8 Å². The van der Waals surface area contributed by atoms with E-state index >= 15 is 0 Å². The third kappa shape index (κ3) is 6.21. The maximum absolute atomic E-state index is 13.3. The molecule has 0 unspecified atom stereocenters. The van der Waals surface area contributed by atoms with Gasteiger partial charge < -0.3 is 14.8 Å². The topological polar surface area (TPSA) is 119 Å². The van der Waals surface area contributed by atoms with Gasteiger partial charge >= 0.3 is 5.97 Å². The Morgan fingerprint density at radius 3 is 2.15 bits per heavy atom. The third-order valence-corrected chi connectivity index (χ3v) is 7.36. The van der Waals surface area contributed by atoms with Crippen LogP contribution < -0.4 is 10.1 Å². The number of carbonyl (C=O) groups excluding carboxylic acids is 3. The van der Waals surface area contributed by atoms with E-state index in [1.807, 2.05) is 0 Å². The average Bonchev–Trinajstić information content (AvgIpc) is 3.12. The fourth-order valence-electron chi connectivity index (χ4n) is 3.67. The first-order valence-corrected chi connectivity index (χ1v) is 12.4. The van der Waals surface area contributed by atoms with Crippen LogP contribution in [0.3, 0.4) is 0 Å². The summed E-state index contributed by atoms with van der Waals surface area (Å²) >= 11 is 0. The van der Waals surface area contributed by atoms with Crippen LogP contribution in [0.2, 0.25) is 0 Å². The van der Waals surface area contributed by atoms with Crippen LogP contribution in [0.4, 0.5) is 5.69 Å². The van der Waals surface area contributed by atoms with Crippen LogP contribution in [0.15, 0.2) is 47.4 Å². The standard InChI is InChI=1S/C24H28N2O7S/c1-17(27)25-20-10-7-18(8-11-20)21(28)16-33-24(29)19-9-12-22(32-2)23(15-19)34(30,31)26-13-5-3-4-6-14-26/h7-12,15H,3-6,13-14,16H2,1-2H3,(H,25,27). The molecule has 1 heterocycles. The Labute approximate surface area is 199 Å². The van der Waals surface area contributed by atoms with Gasteiger partial charge in [-0.05, 0) is 55.3 Å². The van der Waals surface area contributed by atoms with Crippen molar-refractivity contribution in [1.29, 1.82) is 0 Å². The van der Waals surface area contributed by atoms with Crippen LogP contribution in [0.25, 0.3) is 0 Å². The molecule has 0 radical (unpaired) electrons. The number of ketones is 1. The fraction of sp³-hybridized carbons (Fsp3) is 0.375. The van der Waals surface area contributed by atoms with E-state index in [0.717, 1.165) is 25.7 Å². The number of anilines is 1. The summed E-state index contributed by atoms with van der Waals surface area (Å²) in [6.07, 6.45) is 3.49. The molecular formula is C24H28N2O7S. The molecule has 1 fully saturated rings. The molecule has 0 aromatic heterocycles. The first-order chi connectivity index (χ1) is 16.2. The average molecular weight is 489 g/mol. The second-order valence-electron chi connectivity index (χ2n) is 7.94. The van der Waals surface area contributed by atoms with Gasteiger partial charge in [0, 0.05) is 31.3 Å². The van der Waals surface area contributed by atoms with Crippen molar-refractivity contribution in [2.75, 3.05) is 32.1 Å². The van der Waals surface area contributed by atoms with E-state index in [0.29, 0.717) is 24.3 Å². The number of nitrogens with one attached hydrogen (secondary N) is 1. The molecule has 0 spiro atoms. The normalized spacial score (nSPS) is 14.6. The molecule has 182 valence electrons. The highest BCUT2D eigenvalue weighted by Crippen LogP contribution is 2.29. The summed E-state index contributed by atoms with van der Waals surface area (Å²) in [6, 6.07) is 10.2. The first kappa shape index (κ1) is 25.4. The van der Waals surface area contributed by atoms with E-state index < -0.39 is 28.4 Å². The lowest BCUT2D eigenvalue weighted by Crippen LogP contribution is -2.32. The number of ether oxygens (including phenoxy) is 2. The van der Waals surface area contributed by atoms with E-state index in [1.165, 1.54) is 48.7 Å². The molecule has 1 aliphatic heterocycles. The van der Waals surface area contributed by atoms with Gasteiger partial charge in [0.15, 0.2) is 12.4 Å². The Morgan fingerprint density at radius 2 is 1.56 bits per heavy atom. The third-order valence-electron chi connectivity index (χ3n) is 5.44. The summed E-state index contributed by atoms with van der Waals surface area (Å²) in [5.74, 6) is -1.35. The zero-order chi connectivity index (χ0) is 24.7. The molecule has 10 heteroatoms. The molecule has 1 saturated heterocycles. The minimum absolute atomic E-state index is 0.00278. The molecule has 0 aliphatic carbocycles. The summed E-state index contributed by atoms with van der Waals surface area (Å²) in [6.45, 7) is 1.69. The molecule has 34 heavy (non-hydrogen) atoms. The van der Waals surface area contributed by atoms with Gasteiger partial charge in [0.05, 0.1) is 12.7 Å². The molecule has 9 nitrogen and oxygen atoms in total. The van der Waals surface area contributed by atoms with Gasteiger partial charge in [-0.15, -0.1) is 0 Å². The van der Waals surface area contributed by atoms with Crippen molar-refractivity contribution in [1.82, 2.24) is 4.31 Å². The van der Waals surface area contributed by atoms with E-state index in [-0.39, 0.29) is 22.1 Å². The van der Waals surface area contributed by atoms with E-state index in [1.54, 1.807) is 12.1 Å². The predicted octanol–water partition coefficient (Wildman–Crippen LogP) is 3.26. The first-order valence-electron chi connectivity index (χ1n) is 11.0. The number of esters is 1. The van der Waals surface area contributed by atoms with Crippen molar-refractivity contribution in [3.63, 3.8) is 0 Å². The lowest BCUT2D eigenvalue weighted by molar-refractivity contribution is -0.114. The highest BCUT2D eigenvalue weighted by molar-refractivity contribution is 7.89. The SMILES string of the molecule is COc1ccc(C(=O)OCC(=O)c2ccc(NC(C)=O)cc2)cc1S(=O)(=O)N1CCCCCC1. The van der Waals surface area contributed by atoms with Crippen molar-refractivity contribution in [2.45, 2.75) is 37.5 Å². The number of amides is 1. The van der Waals surface area contributed by atoms with Crippen molar-refractivity contribution >= 4 is 33.4 Å². The lowest BCUT2D eigenvalue weighted by Gasteiger charge is -2.21. The minimum Gasteiger partial charge on any atom is -0.495 e. The summed E-state index contributed by atoms with van der Waals surface area (Å²) in [5.41, 5.74) is 0.849. The van der Waals surface area contributed by atoms with Crippen LogP contribution in [0.1, 0.15) is 53.3 Å². The molecular weight excluding hydrogens is 460 g/mol. The molecule has 1 amide bonds. The Bertz CT molecular complexity index is 1150. The maximum Gasteiger partial charge on any atom is 0.338 e. The second kappa shape index (κ2) is 11.3. The Morgan fingerprint density at radius 1 is 0.941 bits per heavy atom. The van der Waals surface area contributed by atoms with E-state index in [4.69, 9.17) is 9.47 Å². The van der Waals surface area contributed by atoms with Crippen LogP contribution in [-0.4, -0.2) is 57.2 Å². The Hall–Kier alpha value is -3.24. The smallest absolute Gasteiger partial charge is 0.338 e. The van der Waals surface area contributed by atoms with E-state index in [2.05, 4.69) is 5.32 Å². The second-order valence-corrected chi connectivity index (χ2v) is 9.85. The van der Waals surface area contributed by atoms with E-state index in [9.17, 15) is 22.8 Å².